The molecule has 4 heterocycles. The number of aromatic nitrogens is 3. The lowest BCUT2D eigenvalue weighted by Gasteiger charge is -2.23. The Morgan fingerprint density at radius 2 is 2.09 bits per heavy atom. The quantitative estimate of drug-likeness (QED) is 0.929. The van der Waals surface area contributed by atoms with Gasteiger partial charge in [0.25, 0.3) is 0 Å². The first-order chi connectivity index (χ1) is 11.4. The normalized spacial score (nSPS) is 22.4. The number of rotatable bonds is 4. The molecule has 23 heavy (non-hydrogen) atoms. The van der Waals surface area contributed by atoms with Gasteiger partial charge in [-0.15, -0.1) is 11.3 Å². The molecule has 4 rings (SSSR count). The minimum atomic E-state index is 0.413. The predicted octanol–water partition coefficient (Wildman–Crippen LogP) is 2.52. The van der Waals surface area contributed by atoms with Crippen LogP contribution in [0.5, 0.6) is 0 Å². The number of anilines is 2. The van der Waals surface area contributed by atoms with Crippen molar-refractivity contribution in [3.63, 3.8) is 0 Å². The van der Waals surface area contributed by atoms with Crippen molar-refractivity contribution < 1.29 is 4.74 Å². The Bertz CT molecular complexity index is 629. The van der Waals surface area contributed by atoms with E-state index in [4.69, 9.17) is 9.72 Å². The van der Waals surface area contributed by atoms with Crippen LogP contribution in [-0.2, 0) is 4.74 Å². The maximum atomic E-state index is 5.45. The summed E-state index contributed by atoms with van der Waals surface area (Å²) >= 11 is 1.64. The van der Waals surface area contributed by atoms with Crippen molar-refractivity contribution in [3.05, 3.63) is 29.5 Å². The Morgan fingerprint density at radius 3 is 2.91 bits per heavy atom. The SMILES string of the molecule is c1cc(C2CCOCC2)nc(N2CCC(Nc3nccs3)C2)n1. The van der Waals surface area contributed by atoms with E-state index in [0.717, 1.165) is 62.3 Å². The molecule has 2 aromatic heterocycles. The zero-order chi connectivity index (χ0) is 15.5. The van der Waals surface area contributed by atoms with Crippen LogP contribution >= 0.6 is 11.3 Å². The summed E-state index contributed by atoms with van der Waals surface area (Å²) in [6.07, 6.45) is 6.94. The fourth-order valence-corrected chi connectivity index (χ4v) is 3.87. The topological polar surface area (TPSA) is 63.2 Å². The van der Waals surface area contributed by atoms with Gasteiger partial charge in [0.1, 0.15) is 0 Å². The molecule has 0 aliphatic carbocycles. The summed E-state index contributed by atoms with van der Waals surface area (Å²) in [5.74, 6) is 1.37. The number of hydrogen-bond donors (Lipinski definition) is 1. The molecule has 2 aromatic rings. The van der Waals surface area contributed by atoms with Crippen molar-refractivity contribution in [1.82, 2.24) is 15.0 Å². The molecular weight excluding hydrogens is 310 g/mol. The van der Waals surface area contributed by atoms with Gasteiger partial charge in [0.2, 0.25) is 5.95 Å². The van der Waals surface area contributed by atoms with Crippen molar-refractivity contribution in [2.75, 3.05) is 36.5 Å². The highest BCUT2D eigenvalue weighted by molar-refractivity contribution is 7.13. The maximum Gasteiger partial charge on any atom is 0.225 e. The molecule has 1 N–H and O–H groups in total. The number of hydrogen-bond acceptors (Lipinski definition) is 7. The molecule has 6 nitrogen and oxygen atoms in total. The Balaban J connectivity index is 1.42. The molecule has 0 radical (unpaired) electrons. The number of thiazole rings is 1. The zero-order valence-electron chi connectivity index (χ0n) is 13.0. The van der Waals surface area contributed by atoms with Gasteiger partial charge in [0.15, 0.2) is 5.13 Å². The lowest BCUT2D eigenvalue weighted by atomic mass is 9.96. The molecule has 0 aromatic carbocycles. The molecule has 1 unspecified atom stereocenters. The van der Waals surface area contributed by atoms with Crippen LogP contribution in [0.25, 0.3) is 0 Å². The van der Waals surface area contributed by atoms with Crippen LogP contribution in [0.4, 0.5) is 11.1 Å². The summed E-state index contributed by atoms with van der Waals surface area (Å²) in [6, 6.07) is 2.47. The van der Waals surface area contributed by atoms with Crippen LogP contribution in [0, 0.1) is 0 Å². The monoisotopic (exact) mass is 331 g/mol. The molecule has 0 bridgehead atoms. The molecule has 2 aliphatic heterocycles. The van der Waals surface area contributed by atoms with Gasteiger partial charge in [-0.25, -0.2) is 15.0 Å². The predicted molar refractivity (Wildman–Crippen MR) is 91.2 cm³/mol. The number of nitrogens with zero attached hydrogens (tertiary/aromatic N) is 4. The van der Waals surface area contributed by atoms with E-state index in [2.05, 4.69) is 26.3 Å². The summed E-state index contributed by atoms with van der Waals surface area (Å²) in [7, 11) is 0. The Labute approximate surface area is 139 Å². The van der Waals surface area contributed by atoms with E-state index in [1.54, 1.807) is 11.3 Å². The summed E-state index contributed by atoms with van der Waals surface area (Å²) in [4.78, 5) is 15.9. The fraction of sp³-hybridized carbons (Fsp3) is 0.562. The third-order valence-corrected chi connectivity index (χ3v) is 5.24. The highest BCUT2D eigenvalue weighted by Crippen LogP contribution is 2.27. The first kappa shape index (κ1) is 14.8. The van der Waals surface area contributed by atoms with E-state index in [0.29, 0.717) is 12.0 Å². The van der Waals surface area contributed by atoms with Gasteiger partial charge in [-0.2, -0.15) is 0 Å². The number of ether oxygens (including phenoxy) is 1. The Kier molecular flexibility index (Phi) is 4.39. The molecule has 7 heteroatoms. The van der Waals surface area contributed by atoms with E-state index < -0.39 is 0 Å². The van der Waals surface area contributed by atoms with Gasteiger partial charge >= 0.3 is 0 Å². The second-order valence-electron chi connectivity index (χ2n) is 6.08. The van der Waals surface area contributed by atoms with Gasteiger partial charge in [0, 0.05) is 61.7 Å². The Hall–Kier alpha value is -1.73. The smallest absolute Gasteiger partial charge is 0.225 e. The molecular formula is C16H21N5OS. The third kappa shape index (κ3) is 3.45. The van der Waals surface area contributed by atoms with Crippen molar-refractivity contribution >= 4 is 22.4 Å². The number of nitrogens with one attached hydrogen (secondary N) is 1. The summed E-state index contributed by atoms with van der Waals surface area (Å²) in [5.41, 5.74) is 1.16. The van der Waals surface area contributed by atoms with Crippen molar-refractivity contribution in [2.45, 2.75) is 31.2 Å². The molecule has 0 amide bonds. The first-order valence-corrected chi connectivity index (χ1v) is 9.08. The summed E-state index contributed by atoms with van der Waals surface area (Å²) < 4.78 is 5.45. The molecule has 1 atom stereocenters. The van der Waals surface area contributed by atoms with Crippen LogP contribution in [0.3, 0.4) is 0 Å². The van der Waals surface area contributed by atoms with Crippen LogP contribution < -0.4 is 10.2 Å². The standard InChI is InChI=1S/C16H21N5OS/c1-5-17-15(20-14(1)12-3-8-22-9-4-12)21-7-2-13(11-21)19-16-18-6-10-23-16/h1,5-6,10,12-13H,2-4,7-9,11H2,(H,18,19). The van der Waals surface area contributed by atoms with Crippen LogP contribution in [0.2, 0.25) is 0 Å². The van der Waals surface area contributed by atoms with Gasteiger partial charge in [-0.3, -0.25) is 0 Å². The average Bonchev–Trinajstić information content (AvgIpc) is 3.28. The summed E-state index contributed by atoms with van der Waals surface area (Å²) in [5, 5.41) is 6.48. The maximum absolute atomic E-state index is 5.45. The minimum Gasteiger partial charge on any atom is -0.381 e. The zero-order valence-corrected chi connectivity index (χ0v) is 13.8. The lowest BCUT2D eigenvalue weighted by molar-refractivity contribution is 0.0845. The van der Waals surface area contributed by atoms with Crippen LogP contribution in [-0.4, -0.2) is 47.3 Å². The van der Waals surface area contributed by atoms with Crippen LogP contribution in [0.15, 0.2) is 23.8 Å². The molecule has 122 valence electrons. The minimum absolute atomic E-state index is 0.413. The molecule has 2 aliphatic rings. The van der Waals surface area contributed by atoms with Crippen LogP contribution in [0.1, 0.15) is 30.9 Å². The van der Waals surface area contributed by atoms with Crippen molar-refractivity contribution in [3.8, 4) is 0 Å². The molecule has 0 spiro atoms. The van der Waals surface area contributed by atoms with Gasteiger partial charge in [-0.05, 0) is 25.3 Å². The van der Waals surface area contributed by atoms with Crippen molar-refractivity contribution in [1.29, 1.82) is 0 Å². The van der Waals surface area contributed by atoms with Crippen molar-refractivity contribution in [2.24, 2.45) is 0 Å². The first-order valence-electron chi connectivity index (χ1n) is 8.20. The molecule has 2 fully saturated rings. The highest BCUT2D eigenvalue weighted by Gasteiger charge is 2.26. The van der Waals surface area contributed by atoms with Gasteiger partial charge < -0.3 is 15.0 Å². The molecule has 0 saturated carbocycles. The third-order valence-electron chi connectivity index (χ3n) is 4.53. The largest absolute Gasteiger partial charge is 0.381 e. The van der Waals surface area contributed by atoms with E-state index in [1.165, 1.54) is 0 Å². The fourth-order valence-electron chi connectivity index (χ4n) is 3.26. The van der Waals surface area contributed by atoms with E-state index in [-0.39, 0.29) is 0 Å². The second kappa shape index (κ2) is 6.80. The average molecular weight is 331 g/mol. The second-order valence-corrected chi connectivity index (χ2v) is 6.98. The molecule has 2 saturated heterocycles. The highest BCUT2D eigenvalue weighted by atomic mass is 32.1. The van der Waals surface area contributed by atoms with Gasteiger partial charge in [0.05, 0.1) is 0 Å². The summed E-state index contributed by atoms with van der Waals surface area (Å²) in [6.45, 7) is 3.60. The van der Waals surface area contributed by atoms with E-state index in [9.17, 15) is 0 Å². The lowest BCUT2D eigenvalue weighted by Crippen LogP contribution is -2.27. The Morgan fingerprint density at radius 1 is 1.17 bits per heavy atom. The van der Waals surface area contributed by atoms with Gasteiger partial charge in [-0.1, -0.05) is 0 Å². The van der Waals surface area contributed by atoms with E-state index >= 15 is 0 Å². The van der Waals surface area contributed by atoms with E-state index in [1.807, 2.05) is 17.8 Å².